The van der Waals surface area contributed by atoms with Gasteiger partial charge in [-0.1, -0.05) is 54.1 Å². The molecule has 1 aliphatic rings. The smallest absolute Gasteiger partial charge is 0.144 e. The number of rotatable bonds is 5. The van der Waals surface area contributed by atoms with Gasteiger partial charge in [0.15, 0.2) is 0 Å². The average molecular weight is 417 g/mol. The number of halogens is 1. The number of ether oxygens (including phenoxy) is 2. The third-order valence-corrected chi connectivity index (χ3v) is 5.65. The Hall–Kier alpha value is -3.24. The first kappa shape index (κ1) is 18.8. The highest BCUT2D eigenvalue weighted by Crippen LogP contribution is 2.37. The van der Waals surface area contributed by atoms with E-state index >= 15 is 0 Å². The lowest BCUT2D eigenvalue weighted by atomic mass is 10.1. The van der Waals surface area contributed by atoms with Crippen molar-refractivity contribution in [3.63, 3.8) is 0 Å². The highest BCUT2D eigenvalue weighted by atomic mass is 35.5. The van der Waals surface area contributed by atoms with Gasteiger partial charge in [-0.05, 0) is 36.4 Å². The Labute approximate surface area is 180 Å². The summed E-state index contributed by atoms with van der Waals surface area (Å²) in [7, 11) is 1.68. The molecule has 1 aliphatic carbocycles. The van der Waals surface area contributed by atoms with Crippen LogP contribution in [0.15, 0.2) is 78.9 Å². The summed E-state index contributed by atoms with van der Waals surface area (Å²) in [5.74, 6) is 1.67. The Morgan fingerprint density at radius 1 is 0.900 bits per heavy atom. The van der Waals surface area contributed by atoms with E-state index in [1.165, 1.54) is 5.56 Å². The lowest BCUT2D eigenvalue weighted by Crippen LogP contribution is -2.18. The topological polar surface area (TPSA) is 36.3 Å². The second-order valence-corrected chi connectivity index (χ2v) is 7.76. The van der Waals surface area contributed by atoms with Crippen molar-refractivity contribution in [2.45, 2.75) is 18.9 Å². The molecule has 5 heteroatoms. The zero-order valence-electron chi connectivity index (χ0n) is 16.6. The van der Waals surface area contributed by atoms with E-state index < -0.39 is 0 Å². The fourth-order valence-electron chi connectivity index (χ4n) is 4.05. The summed E-state index contributed by atoms with van der Waals surface area (Å²) in [6.07, 6.45) is 1.65. The number of nitrogens with zero attached hydrogens (tertiary/aromatic N) is 2. The molecule has 5 rings (SSSR count). The summed E-state index contributed by atoms with van der Waals surface area (Å²) < 4.78 is 13.8. The van der Waals surface area contributed by atoms with Crippen LogP contribution < -0.4 is 9.47 Å². The van der Waals surface area contributed by atoms with Gasteiger partial charge in [0.05, 0.1) is 18.5 Å². The van der Waals surface area contributed by atoms with Gasteiger partial charge in [0.2, 0.25) is 0 Å². The highest BCUT2D eigenvalue weighted by molar-refractivity contribution is 6.30. The van der Waals surface area contributed by atoms with Gasteiger partial charge in [-0.15, -0.1) is 0 Å². The van der Waals surface area contributed by atoms with Crippen LogP contribution in [0, 0.1) is 0 Å². The fourth-order valence-corrected chi connectivity index (χ4v) is 4.17. The van der Waals surface area contributed by atoms with Crippen molar-refractivity contribution in [1.29, 1.82) is 0 Å². The van der Waals surface area contributed by atoms with Crippen LogP contribution in [0.4, 0.5) is 0 Å². The molecule has 0 radical (unpaired) electrons. The van der Waals surface area contributed by atoms with E-state index in [2.05, 4.69) is 0 Å². The van der Waals surface area contributed by atoms with Crippen molar-refractivity contribution in [3.05, 3.63) is 95.1 Å². The average Bonchev–Trinajstić information content (AvgIpc) is 3.32. The first-order chi connectivity index (χ1) is 14.7. The Balaban J connectivity index is 1.58. The molecule has 0 aliphatic heterocycles. The molecule has 0 amide bonds. The van der Waals surface area contributed by atoms with E-state index in [1.54, 1.807) is 7.11 Å². The van der Waals surface area contributed by atoms with Crippen LogP contribution in [0.1, 0.15) is 11.3 Å². The lowest BCUT2D eigenvalue weighted by molar-refractivity contribution is 0.212. The number of para-hydroxylation sites is 3. The second kappa shape index (κ2) is 7.88. The normalized spacial score (nSPS) is 15.1. The third kappa shape index (κ3) is 3.44. The minimum Gasteiger partial charge on any atom is -0.494 e. The van der Waals surface area contributed by atoms with Crippen LogP contribution >= 0.6 is 11.6 Å². The molecule has 0 unspecified atom stereocenters. The quantitative estimate of drug-likeness (QED) is 0.415. The SMILES string of the molecule is COc1ccccc1-n1nc2c(c1-c1ccc(Cl)cc1)C[C@H](Oc1ccccc1)C2. The molecule has 3 aromatic carbocycles. The standard InChI is InChI=1S/C25H21ClN2O2/c1-29-24-10-6-5-9-23(24)28-25(17-11-13-18(26)14-12-17)21-15-20(16-22(21)27-28)30-19-7-3-2-4-8-19/h2-14,20H,15-16H2,1H3/t20-/m0/s1. The summed E-state index contributed by atoms with van der Waals surface area (Å²) >= 11 is 6.15. The minimum atomic E-state index is 0.0725. The van der Waals surface area contributed by atoms with Crippen molar-refractivity contribution < 1.29 is 9.47 Å². The molecule has 150 valence electrons. The van der Waals surface area contributed by atoms with Gasteiger partial charge in [-0.2, -0.15) is 5.10 Å². The summed E-state index contributed by atoms with van der Waals surface area (Å²) in [5, 5.41) is 5.70. The first-order valence-electron chi connectivity index (χ1n) is 9.95. The van der Waals surface area contributed by atoms with E-state index in [9.17, 15) is 0 Å². The van der Waals surface area contributed by atoms with Crippen molar-refractivity contribution in [2.24, 2.45) is 0 Å². The molecule has 0 N–H and O–H groups in total. The Morgan fingerprint density at radius 3 is 2.40 bits per heavy atom. The Kier molecular flexibility index (Phi) is 4.93. The zero-order valence-corrected chi connectivity index (χ0v) is 17.3. The maximum absolute atomic E-state index is 6.22. The number of methoxy groups -OCH3 is 1. The summed E-state index contributed by atoms with van der Waals surface area (Å²) in [6.45, 7) is 0. The van der Waals surface area contributed by atoms with Gasteiger partial charge < -0.3 is 9.47 Å². The third-order valence-electron chi connectivity index (χ3n) is 5.40. The van der Waals surface area contributed by atoms with Crippen LogP contribution in [-0.4, -0.2) is 23.0 Å². The van der Waals surface area contributed by atoms with Gasteiger partial charge >= 0.3 is 0 Å². The maximum Gasteiger partial charge on any atom is 0.144 e. The maximum atomic E-state index is 6.22. The number of fused-ring (bicyclic) bond motifs is 1. The molecule has 0 fully saturated rings. The van der Waals surface area contributed by atoms with Crippen molar-refractivity contribution in [3.8, 4) is 28.4 Å². The zero-order chi connectivity index (χ0) is 20.5. The largest absolute Gasteiger partial charge is 0.494 e. The van der Waals surface area contributed by atoms with Gasteiger partial charge in [0, 0.05) is 29.0 Å². The highest BCUT2D eigenvalue weighted by Gasteiger charge is 2.32. The van der Waals surface area contributed by atoms with Gasteiger partial charge in [0.25, 0.3) is 0 Å². The number of aromatic nitrogens is 2. The molecule has 1 heterocycles. The van der Waals surface area contributed by atoms with Crippen LogP contribution in [0.2, 0.25) is 5.02 Å². The van der Waals surface area contributed by atoms with E-state index in [-0.39, 0.29) is 6.10 Å². The molecule has 4 aromatic rings. The van der Waals surface area contributed by atoms with E-state index in [0.29, 0.717) is 5.02 Å². The monoisotopic (exact) mass is 416 g/mol. The van der Waals surface area contributed by atoms with Crippen molar-refractivity contribution in [1.82, 2.24) is 9.78 Å². The predicted octanol–water partition coefficient (Wildman–Crippen LogP) is 5.75. The van der Waals surface area contributed by atoms with Crippen LogP contribution in [0.25, 0.3) is 16.9 Å². The van der Waals surface area contributed by atoms with Gasteiger partial charge in [-0.25, -0.2) is 4.68 Å². The summed E-state index contributed by atoms with van der Waals surface area (Å²) in [4.78, 5) is 0. The van der Waals surface area contributed by atoms with Crippen molar-refractivity contribution in [2.75, 3.05) is 7.11 Å². The molecule has 4 nitrogen and oxygen atoms in total. The van der Waals surface area contributed by atoms with Crippen LogP contribution in [0.3, 0.4) is 0 Å². The van der Waals surface area contributed by atoms with Gasteiger partial charge in [0.1, 0.15) is 23.3 Å². The Morgan fingerprint density at radius 2 is 1.63 bits per heavy atom. The van der Waals surface area contributed by atoms with Crippen LogP contribution in [-0.2, 0) is 12.8 Å². The molecule has 1 aromatic heterocycles. The number of hydrogen-bond donors (Lipinski definition) is 0. The molecule has 0 saturated carbocycles. The molecule has 0 spiro atoms. The molecule has 30 heavy (non-hydrogen) atoms. The molecule has 0 bridgehead atoms. The number of hydrogen-bond acceptors (Lipinski definition) is 3. The van der Waals surface area contributed by atoms with Gasteiger partial charge in [-0.3, -0.25) is 0 Å². The molecular formula is C25H21ClN2O2. The van der Waals surface area contributed by atoms with E-state index in [4.69, 9.17) is 26.2 Å². The molecule has 1 atom stereocenters. The van der Waals surface area contributed by atoms with Crippen LogP contribution in [0.5, 0.6) is 11.5 Å². The van der Waals surface area contributed by atoms with Crippen molar-refractivity contribution >= 4 is 11.6 Å². The fraction of sp³-hybridized carbons (Fsp3) is 0.160. The second-order valence-electron chi connectivity index (χ2n) is 7.33. The summed E-state index contributed by atoms with van der Waals surface area (Å²) in [6, 6.07) is 25.8. The lowest BCUT2D eigenvalue weighted by Gasteiger charge is -2.16. The molecular weight excluding hydrogens is 396 g/mol. The first-order valence-corrected chi connectivity index (χ1v) is 10.3. The molecule has 0 saturated heterocycles. The summed E-state index contributed by atoms with van der Waals surface area (Å²) in [5.41, 5.74) is 5.32. The predicted molar refractivity (Wildman–Crippen MR) is 119 cm³/mol. The van der Waals surface area contributed by atoms with E-state index in [1.807, 2.05) is 83.5 Å². The minimum absolute atomic E-state index is 0.0725. The van der Waals surface area contributed by atoms with E-state index in [0.717, 1.165) is 47.0 Å². The number of benzene rings is 3. The Bertz CT molecular complexity index is 1170.